The second kappa shape index (κ2) is 17.2. The van der Waals surface area contributed by atoms with Crippen molar-refractivity contribution in [2.24, 2.45) is 11.7 Å². The molecule has 5 amide bonds. The molecule has 0 aliphatic carbocycles. The normalized spacial score (nSPS) is 12.2. The fourth-order valence-corrected chi connectivity index (χ4v) is 3.84. The molecule has 0 aliphatic heterocycles. The first-order chi connectivity index (χ1) is 21.5. The van der Waals surface area contributed by atoms with E-state index in [1.54, 1.807) is 58.9 Å². The van der Waals surface area contributed by atoms with Gasteiger partial charge in [-0.15, -0.1) is 0 Å². The Labute approximate surface area is 265 Å². The lowest BCUT2D eigenvalue weighted by Crippen LogP contribution is -2.55. The Morgan fingerprint density at radius 3 is 2.11 bits per heavy atom. The van der Waals surface area contributed by atoms with Gasteiger partial charge in [0.1, 0.15) is 30.0 Å². The van der Waals surface area contributed by atoms with E-state index < -0.39 is 52.7 Å². The lowest BCUT2D eigenvalue weighted by molar-refractivity contribution is -0.384. The summed E-state index contributed by atoms with van der Waals surface area (Å²) < 4.78 is 15.3. The molecule has 250 valence electrons. The zero-order valence-corrected chi connectivity index (χ0v) is 26.3. The topological polar surface area (TPSA) is 230 Å². The number of carbonyl (C=O) groups excluding carboxylic acids is 5. The number of nitrogens with one attached hydrogen (secondary N) is 4. The van der Waals surface area contributed by atoms with E-state index in [2.05, 4.69) is 21.3 Å². The van der Waals surface area contributed by atoms with Gasteiger partial charge in [0.05, 0.1) is 4.92 Å². The number of anilines is 1. The zero-order valence-electron chi connectivity index (χ0n) is 26.3. The van der Waals surface area contributed by atoms with Crippen LogP contribution in [-0.2, 0) is 25.7 Å². The number of ether oxygens (including phenoxy) is 3. The van der Waals surface area contributed by atoms with Crippen LogP contribution in [-0.4, -0.2) is 59.2 Å². The number of alkyl carbamates (subject to hydrolysis) is 1. The van der Waals surface area contributed by atoms with Crippen LogP contribution in [0.25, 0.3) is 0 Å². The van der Waals surface area contributed by atoms with Crippen LogP contribution in [0, 0.1) is 16.0 Å². The number of urea groups is 1. The van der Waals surface area contributed by atoms with Crippen molar-refractivity contribution in [2.75, 3.05) is 11.9 Å². The molecule has 0 radical (unpaired) electrons. The highest BCUT2D eigenvalue weighted by molar-refractivity contribution is 5.98. The minimum atomic E-state index is -1.04. The zero-order chi connectivity index (χ0) is 34.4. The van der Waals surface area contributed by atoms with E-state index in [9.17, 15) is 34.1 Å². The minimum absolute atomic E-state index is 0.0704. The molecule has 0 saturated carbocycles. The number of benzene rings is 2. The fraction of sp³-hybridized carbons (Fsp3) is 0.433. The molecule has 16 nitrogen and oxygen atoms in total. The first kappa shape index (κ1) is 36.8. The number of non-ortho nitro benzene ring substituents is 1. The van der Waals surface area contributed by atoms with Gasteiger partial charge in [-0.2, -0.15) is 0 Å². The Hall–Kier alpha value is -5.41. The second-order valence-electron chi connectivity index (χ2n) is 11.4. The summed E-state index contributed by atoms with van der Waals surface area (Å²) in [6.45, 7) is 8.54. The highest BCUT2D eigenvalue weighted by atomic mass is 16.7. The number of nitrogens with two attached hydrogens (primary N) is 1. The van der Waals surface area contributed by atoms with Gasteiger partial charge in [-0.1, -0.05) is 26.0 Å². The summed E-state index contributed by atoms with van der Waals surface area (Å²) >= 11 is 0. The summed E-state index contributed by atoms with van der Waals surface area (Å²) in [6.07, 6.45) is -1.36. The monoisotopic (exact) mass is 644 g/mol. The molecule has 2 unspecified atom stereocenters. The quantitative estimate of drug-likeness (QED) is 0.0657. The molecule has 0 bridgehead atoms. The number of amides is 5. The van der Waals surface area contributed by atoms with Gasteiger partial charge in [0.15, 0.2) is 0 Å². The Kier molecular flexibility index (Phi) is 13.7. The van der Waals surface area contributed by atoms with Gasteiger partial charge in [-0.05, 0) is 69.4 Å². The molecule has 0 spiro atoms. The van der Waals surface area contributed by atoms with Crippen LogP contribution in [0.4, 0.5) is 25.8 Å². The van der Waals surface area contributed by atoms with E-state index in [4.69, 9.17) is 19.9 Å². The number of hydrogen-bond acceptors (Lipinski definition) is 10. The molecule has 2 rings (SSSR count). The van der Waals surface area contributed by atoms with Gasteiger partial charge in [0, 0.05) is 24.4 Å². The van der Waals surface area contributed by atoms with Gasteiger partial charge >= 0.3 is 18.3 Å². The Morgan fingerprint density at radius 1 is 0.935 bits per heavy atom. The SMILES string of the molecule is CC(C)C(NC(=O)OC(C)(C)C)C(=O)NC(CCCNC(N)=O)C(=O)Nc1ccc(COC(=O)Oc2ccc([N+](=O)[O-])cc2)cc1. The molecule has 0 saturated heterocycles. The average molecular weight is 645 g/mol. The number of nitro benzene ring substituents is 1. The Bertz CT molecular complexity index is 1370. The highest BCUT2D eigenvalue weighted by Gasteiger charge is 2.30. The van der Waals surface area contributed by atoms with Gasteiger partial charge in [-0.25, -0.2) is 14.4 Å². The van der Waals surface area contributed by atoms with E-state index in [-0.39, 0.29) is 36.9 Å². The van der Waals surface area contributed by atoms with E-state index in [0.717, 1.165) is 0 Å². The largest absolute Gasteiger partial charge is 0.514 e. The van der Waals surface area contributed by atoms with Crippen LogP contribution in [0.1, 0.15) is 53.0 Å². The number of nitro groups is 1. The first-order valence-electron chi connectivity index (χ1n) is 14.4. The molecule has 2 aromatic carbocycles. The van der Waals surface area contributed by atoms with Crippen molar-refractivity contribution in [3.8, 4) is 5.75 Å². The van der Waals surface area contributed by atoms with Crippen LogP contribution in [0.15, 0.2) is 48.5 Å². The Morgan fingerprint density at radius 2 is 1.57 bits per heavy atom. The van der Waals surface area contributed by atoms with Crippen molar-refractivity contribution >= 4 is 41.5 Å². The lowest BCUT2D eigenvalue weighted by atomic mass is 10.0. The molecule has 0 fully saturated rings. The van der Waals surface area contributed by atoms with Crippen LogP contribution in [0.2, 0.25) is 0 Å². The van der Waals surface area contributed by atoms with Crippen LogP contribution in [0.3, 0.4) is 0 Å². The van der Waals surface area contributed by atoms with Crippen molar-refractivity contribution in [1.29, 1.82) is 0 Å². The predicted molar refractivity (Wildman–Crippen MR) is 166 cm³/mol. The summed E-state index contributed by atoms with van der Waals surface area (Å²) in [5.74, 6) is -1.42. The van der Waals surface area contributed by atoms with Gasteiger partial charge < -0.3 is 41.2 Å². The molecule has 0 aliphatic rings. The summed E-state index contributed by atoms with van der Waals surface area (Å²) in [5.41, 5.74) is 5.11. The van der Waals surface area contributed by atoms with Crippen LogP contribution < -0.4 is 31.7 Å². The standard InChI is InChI=1S/C30H40N6O10/c1-18(2)24(35-28(40)46-30(3,4)5)26(38)34-23(7-6-16-32-27(31)39)25(37)33-20-10-8-19(9-11-20)17-44-29(41)45-22-14-12-21(13-15-22)36(42)43/h8-15,18,23-24H,6-7,16-17H2,1-5H3,(H,33,37)(H,34,38)(H,35,40)(H3,31,32,39). The fourth-order valence-electron chi connectivity index (χ4n) is 3.84. The predicted octanol–water partition coefficient (Wildman–Crippen LogP) is 3.73. The number of rotatable bonds is 14. The highest BCUT2D eigenvalue weighted by Crippen LogP contribution is 2.18. The smallest absolute Gasteiger partial charge is 0.444 e. The summed E-state index contributed by atoms with van der Waals surface area (Å²) in [5, 5.41) is 21.1. The van der Waals surface area contributed by atoms with Crippen molar-refractivity contribution < 1.29 is 43.1 Å². The Balaban J connectivity index is 2.01. The molecule has 2 atom stereocenters. The second-order valence-corrected chi connectivity index (χ2v) is 11.4. The van der Waals surface area contributed by atoms with Crippen molar-refractivity contribution in [1.82, 2.24) is 16.0 Å². The summed E-state index contributed by atoms with van der Waals surface area (Å²) in [7, 11) is 0. The molecular weight excluding hydrogens is 604 g/mol. The number of carbonyl (C=O) groups is 5. The molecule has 2 aromatic rings. The van der Waals surface area contributed by atoms with Crippen molar-refractivity contribution in [3.63, 3.8) is 0 Å². The number of primary amides is 1. The third kappa shape index (κ3) is 13.5. The van der Waals surface area contributed by atoms with E-state index in [1.165, 1.54) is 24.3 Å². The van der Waals surface area contributed by atoms with Crippen molar-refractivity contribution in [3.05, 3.63) is 64.2 Å². The molecular formula is C30H40N6O10. The minimum Gasteiger partial charge on any atom is -0.444 e. The third-order valence-electron chi connectivity index (χ3n) is 6.05. The third-order valence-corrected chi connectivity index (χ3v) is 6.05. The molecule has 6 N–H and O–H groups in total. The van der Waals surface area contributed by atoms with Gasteiger partial charge in [-0.3, -0.25) is 19.7 Å². The number of hydrogen-bond donors (Lipinski definition) is 5. The maximum Gasteiger partial charge on any atom is 0.514 e. The maximum atomic E-state index is 13.2. The van der Waals surface area contributed by atoms with Gasteiger partial charge in [0.2, 0.25) is 11.8 Å². The summed E-state index contributed by atoms with van der Waals surface area (Å²) in [4.78, 5) is 72.0. The first-order valence-corrected chi connectivity index (χ1v) is 14.4. The lowest BCUT2D eigenvalue weighted by Gasteiger charge is -2.27. The molecule has 0 aromatic heterocycles. The average Bonchev–Trinajstić information content (AvgIpc) is 2.96. The van der Waals surface area contributed by atoms with E-state index >= 15 is 0 Å². The van der Waals surface area contributed by atoms with Crippen molar-refractivity contribution in [2.45, 2.75) is 71.8 Å². The van der Waals surface area contributed by atoms with Gasteiger partial charge in [0.25, 0.3) is 5.69 Å². The maximum absolute atomic E-state index is 13.2. The van der Waals surface area contributed by atoms with E-state index in [0.29, 0.717) is 17.7 Å². The van der Waals surface area contributed by atoms with Crippen LogP contribution in [0.5, 0.6) is 5.75 Å². The molecule has 16 heteroatoms. The molecule has 0 heterocycles. The van der Waals surface area contributed by atoms with E-state index in [1.807, 2.05) is 0 Å². The van der Waals surface area contributed by atoms with Crippen LogP contribution >= 0.6 is 0 Å². The summed E-state index contributed by atoms with van der Waals surface area (Å²) in [6, 6.07) is 8.46. The number of nitrogens with zero attached hydrogens (tertiary/aromatic N) is 1. The molecule has 46 heavy (non-hydrogen) atoms.